The molecule has 0 saturated carbocycles. The summed E-state index contributed by atoms with van der Waals surface area (Å²) < 4.78 is 36.3. The molecule has 0 aliphatic carbocycles. The highest BCUT2D eigenvalue weighted by Crippen LogP contribution is 2.40. The number of pyridine rings is 1. The van der Waals surface area contributed by atoms with Crippen molar-refractivity contribution in [2.24, 2.45) is 0 Å². The molecule has 0 spiro atoms. The summed E-state index contributed by atoms with van der Waals surface area (Å²) in [4.78, 5) is 15.9. The molecule has 0 fully saturated rings. The average molecular weight is 416 g/mol. The maximum Gasteiger partial charge on any atom is 0.394 e. The van der Waals surface area contributed by atoms with E-state index in [1.54, 1.807) is 12.1 Å². The Labute approximate surface area is 170 Å². The van der Waals surface area contributed by atoms with E-state index in [0.29, 0.717) is 42.5 Å². The molecule has 156 valence electrons. The molecule has 2 aromatic rings. The van der Waals surface area contributed by atoms with Gasteiger partial charge in [0, 0.05) is 36.6 Å². The number of benzene rings is 1. The second kappa shape index (κ2) is 8.34. The van der Waals surface area contributed by atoms with Crippen LogP contribution < -0.4 is 20.3 Å². The predicted molar refractivity (Wildman–Crippen MR) is 102 cm³/mol. The van der Waals surface area contributed by atoms with Crippen LogP contribution in [0.5, 0.6) is 11.5 Å². The van der Waals surface area contributed by atoms with E-state index in [0.717, 1.165) is 0 Å². The summed E-state index contributed by atoms with van der Waals surface area (Å²) >= 11 is 0. The van der Waals surface area contributed by atoms with Crippen LogP contribution in [0, 0.1) is 11.3 Å². The molecule has 30 heavy (non-hydrogen) atoms. The van der Waals surface area contributed by atoms with Crippen LogP contribution in [0.25, 0.3) is 11.3 Å². The number of nitrogens with zero attached hydrogens (tertiary/aromatic N) is 2. The van der Waals surface area contributed by atoms with Crippen molar-refractivity contribution in [1.82, 2.24) is 10.5 Å². The van der Waals surface area contributed by atoms with Crippen LogP contribution >= 0.6 is 0 Å². The number of hydroxylamine groups is 1. The summed E-state index contributed by atoms with van der Waals surface area (Å²) in [5.74, 6) is -0.126. The van der Waals surface area contributed by atoms with Crippen molar-refractivity contribution in [3.8, 4) is 28.8 Å². The van der Waals surface area contributed by atoms with E-state index in [1.165, 1.54) is 17.6 Å². The van der Waals surface area contributed by atoms with E-state index in [1.807, 2.05) is 0 Å². The number of fused-ring (bicyclic) bond motifs is 1. The molecule has 3 rings (SSSR count). The Bertz CT molecular complexity index is 1030. The van der Waals surface area contributed by atoms with Crippen LogP contribution in [0.15, 0.2) is 36.4 Å². The molecule has 1 aromatic heterocycles. The van der Waals surface area contributed by atoms with E-state index in [4.69, 9.17) is 9.94 Å². The van der Waals surface area contributed by atoms with E-state index >= 15 is 0 Å². The topological polar surface area (TPSA) is 117 Å². The summed E-state index contributed by atoms with van der Waals surface area (Å²) in [6.07, 6.45) is -2.82. The van der Waals surface area contributed by atoms with Gasteiger partial charge in [0.25, 0.3) is 5.91 Å². The van der Waals surface area contributed by atoms with Crippen LogP contribution in [-0.2, 0) is 11.2 Å². The number of alkyl halides is 2. The SMILES string of the molecule is C=C(CNc1nc(-c2ccc(OC(C)(F)F)cc2)c2c(c1C#N)CCO2)C(=O)NO. The molecule has 0 bridgehead atoms. The molecule has 2 heterocycles. The van der Waals surface area contributed by atoms with Crippen molar-refractivity contribution in [1.29, 1.82) is 5.26 Å². The molecule has 8 nitrogen and oxygen atoms in total. The second-order valence-corrected chi connectivity index (χ2v) is 6.53. The Morgan fingerprint density at radius 3 is 2.73 bits per heavy atom. The number of rotatable bonds is 7. The van der Waals surface area contributed by atoms with E-state index in [2.05, 4.69) is 27.7 Å². The molecule has 3 N–H and O–H groups in total. The van der Waals surface area contributed by atoms with Crippen molar-refractivity contribution >= 4 is 11.7 Å². The van der Waals surface area contributed by atoms with Crippen LogP contribution in [0.3, 0.4) is 0 Å². The van der Waals surface area contributed by atoms with Gasteiger partial charge < -0.3 is 14.8 Å². The maximum atomic E-state index is 13.0. The first-order chi connectivity index (χ1) is 14.2. The number of aromatic nitrogens is 1. The zero-order valence-electron chi connectivity index (χ0n) is 16.0. The number of carbonyl (C=O) groups is 1. The van der Waals surface area contributed by atoms with Gasteiger partial charge in [-0.1, -0.05) is 6.58 Å². The lowest BCUT2D eigenvalue weighted by molar-refractivity contribution is -0.158. The smallest absolute Gasteiger partial charge is 0.394 e. The molecular weight excluding hydrogens is 398 g/mol. The normalized spacial score (nSPS) is 12.4. The third-order valence-electron chi connectivity index (χ3n) is 4.28. The lowest BCUT2D eigenvalue weighted by atomic mass is 10.0. The van der Waals surface area contributed by atoms with Gasteiger partial charge in [-0.25, -0.2) is 10.5 Å². The third kappa shape index (κ3) is 4.47. The molecule has 1 aromatic carbocycles. The summed E-state index contributed by atoms with van der Waals surface area (Å²) in [6, 6.07) is 7.97. The number of hydrogen-bond donors (Lipinski definition) is 3. The molecule has 1 aliphatic rings. The predicted octanol–water partition coefficient (Wildman–Crippen LogP) is 3.02. The fraction of sp³-hybridized carbons (Fsp3) is 0.250. The van der Waals surface area contributed by atoms with Gasteiger partial charge in [-0.05, 0) is 24.3 Å². The minimum atomic E-state index is -3.31. The number of hydrogen-bond acceptors (Lipinski definition) is 7. The van der Waals surface area contributed by atoms with Crippen molar-refractivity contribution in [2.75, 3.05) is 18.5 Å². The van der Waals surface area contributed by atoms with Gasteiger partial charge in [-0.15, -0.1) is 0 Å². The molecule has 0 radical (unpaired) electrons. The number of halogens is 2. The minimum absolute atomic E-state index is 0.0119. The monoisotopic (exact) mass is 416 g/mol. The number of ether oxygens (including phenoxy) is 2. The Morgan fingerprint density at radius 2 is 2.13 bits per heavy atom. The molecule has 0 saturated heterocycles. The summed E-state index contributed by atoms with van der Waals surface area (Å²) in [5.41, 5.74) is 3.42. The number of nitriles is 1. The van der Waals surface area contributed by atoms with Gasteiger partial charge in [0.1, 0.15) is 34.6 Å². The highest BCUT2D eigenvalue weighted by atomic mass is 19.3. The van der Waals surface area contributed by atoms with Gasteiger partial charge in [-0.3, -0.25) is 10.0 Å². The molecule has 1 amide bonds. The quantitative estimate of drug-likeness (QED) is 0.361. The Hall–Kier alpha value is -3.71. The fourth-order valence-electron chi connectivity index (χ4n) is 2.95. The molecular formula is C20H18F2N4O4. The van der Waals surface area contributed by atoms with Gasteiger partial charge >= 0.3 is 6.11 Å². The first-order valence-electron chi connectivity index (χ1n) is 8.86. The van der Waals surface area contributed by atoms with Crippen LogP contribution in [-0.4, -0.2) is 35.4 Å². The summed E-state index contributed by atoms with van der Waals surface area (Å²) in [6.45, 7) is 4.49. The number of nitrogens with one attached hydrogen (secondary N) is 2. The number of carbonyl (C=O) groups excluding carboxylic acids is 1. The number of anilines is 1. The summed E-state index contributed by atoms with van der Waals surface area (Å²) in [7, 11) is 0. The van der Waals surface area contributed by atoms with Crippen molar-refractivity contribution < 1.29 is 28.3 Å². The van der Waals surface area contributed by atoms with Crippen molar-refractivity contribution in [3.05, 3.63) is 47.5 Å². The molecule has 1 aliphatic heterocycles. The fourth-order valence-corrected chi connectivity index (χ4v) is 2.95. The standard InChI is InChI=1S/C20H18F2N4O4/c1-11(19(27)26-28)10-24-18-15(9-23)14-7-8-29-17(14)16(25-18)12-3-5-13(6-4-12)30-20(2,21)22/h3-6,28H,1,7-8,10H2,2H3,(H,24,25)(H,26,27). The van der Waals surface area contributed by atoms with Gasteiger partial charge in [0.2, 0.25) is 0 Å². The van der Waals surface area contributed by atoms with Crippen LogP contribution in [0.4, 0.5) is 14.6 Å². The van der Waals surface area contributed by atoms with Crippen molar-refractivity contribution in [3.63, 3.8) is 0 Å². The molecule has 0 atom stereocenters. The van der Waals surface area contributed by atoms with E-state index in [9.17, 15) is 18.8 Å². The minimum Gasteiger partial charge on any atom is -0.491 e. The van der Waals surface area contributed by atoms with Crippen LogP contribution in [0.1, 0.15) is 18.1 Å². The zero-order valence-corrected chi connectivity index (χ0v) is 16.0. The van der Waals surface area contributed by atoms with Gasteiger partial charge in [0.05, 0.1) is 6.61 Å². The lowest BCUT2D eigenvalue weighted by Crippen LogP contribution is -2.24. The van der Waals surface area contributed by atoms with Crippen LogP contribution in [0.2, 0.25) is 0 Å². The van der Waals surface area contributed by atoms with E-state index < -0.39 is 12.0 Å². The van der Waals surface area contributed by atoms with E-state index in [-0.39, 0.29) is 29.2 Å². The Morgan fingerprint density at radius 1 is 1.43 bits per heavy atom. The highest BCUT2D eigenvalue weighted by Gasteiger charge is 2.27. The first-order valence-corrected chi connectivity index (χ1v) is 8.86. The zero-order chi connectivity index (χ0) is 21.9. The highest BCUT2D eigenvalue weighted by molar-refractivity contribution is 5.92. The Balaban J connectivity index is 1.97. The van der Waals surface area contributed by atoms with Gasteiger partial charge in [-0.2, -0.15) is 14.0 Å². The second-order valence-electron chi connectivity index (χ2n) is 6.53. The van der Waals surface area contributed by atoms with Crippen molar-refractivity contribution in [2.45, 2.75) is 19.5 Å². The largest absolute Gasteiger partial charge is 0.491 e. The third-order valence-corrected chi connectivity index (χ3v) is 4.28. The Kier molecular flexibility index (Phi) is 5.84. The van der Waals surface area contributed by atoms with Gasteiger partial charge in [0.15, 0.2) is 0 Å². The number of amides is 1. The average Bonchev–Trinajstić information content (AvgIpc) is 3.19. The molecule has 10 heteroatoms. The summed E-state index contributed by atoms with van der Waals surface area (Å²) in [5, 5.41) is 21.2. The lowest BCUT2D eigenvalue weighted by Gasteiger charge is -2.16. The maximum absolute atomic E-state index is 13.0. The first kappa shape index (κ1) is 21.0. The molecule has 0 unspecified atom stereocenters.